The molecule has 0 amide bonds. The number of para-hydroxylation sites is 1. The first-order valence-corrected chi connectivity index (χ1v) is 9.61. The maximum absolute atomic E-state index is 9.78. The molecule has 140 valence electrons. The van der Waals surface area contributed by atoms with E-state index in [1.807, 2.05) is 48.5 Å². The molecule has 0 atom stereocenters. The summed E-state index contributed by atoms with van der Waals surface area (Å²) < 4.78 is 6.06. The van der Waals surface area contributed by atoms with Gasteiger partial charge in [-0.3, -0.25) is 0 Å². The third-order valence-electron chi connectivity index (χ3n) is 4.91. The second kappa shape index (κ2) is 8.46. The number of benzene rings is 4. The summed E-state index contributed by atoms with van der Waals surface area (Å²) >= 11 is 0. The quantitative estimate of drug-likeness (QED) is 0.284. The van der Waals surface area contributed by atoms with Crippen LogP contribution >= 0.6 is 0 Å². The Balaban J connectivity index is 1.63. The Morgan fingerprint density at radius 1 is 0.862 bits per heavy atom. The number of allylic oxidation sites excluding steroid dienone is 1. The summed E-state index contributed by atoms with van der Waals surface area (Å²) in [5, 5.41) is 12.1. The molecule has 2 heteroatoms. The van der Waals surface area contributed by atoms with Crippen LogP contribution in [0.1, 0.15) is 22.3 Å². The van der Waals surface area contributed by atoms with Gasteiger partial charge in [0.05, 0.1) is 11.6 Å². The molecule has 0 unspecified atom stereocenters. The van der Waals surface area contributed by atoms with E-state index in [1.165, 1.54) is 5.56 Å². The van der Waals surface area contributed by atoms with Gasteiger partial charge in [-0.1, -0.05) is 84.4 Å². The molecule has 2 nitrogen and oxygen atoms in total. The molecule has 0 fully saturated rings. The highest BCUT2D eigenvalue weighted by atomic mass is 16.5. The molecule has 4 aromatic carbocycles. The van der Waals surface area contributed by atoms with E-state index < -0.39 is 0 Å². The standard InChI is InChI=1S/C27H21NO/c1-20-10-12-21(13-11-20)19-29-27-9-5-4-8-25(27)17-26(18-28)24-15-14-22-6-2-3-7-23(22)16-24/h2-17H,19H2,1H3. The fourth-order valence-corrected chi connectivity index (χ4v) is 3.27. The average Bonchev–Trinajstić information content (AvgIpc) is 2.77. The summed E-state index contributed by atoms with van der Waals surface area (Å²) in [6.45, 7) is 2.56. The van der Waals surface area contributed by atoms with Gasteiger partial charge >= 0.3 is 0 Å². The molecule has 0 aliphatic carbocycles. The number of fused-ring (bicyclic) bond motifs is 1. The summed E-state index contributed by atoms with van der Waals surface area (Å²) in [6.07, 6.45) is 1.90. The molecule has 0 aromatic heterocycles. The number of hydrogen-bond donors (Lipinski definition) is 0. The minimum Gasteiger partial charge on any atom is -0.488 e. The summed E-state index contributed by atoms with van der Waals surface area (Å²) in [7, 11) is 0. The first-order valence-electron chi connectivity index (χ1n) is 9.61. The number of ether oxygens (including phenoxy) is 1. The van der Waals surface area contributed by atoms with Crippen molar-refractivity contribution in [2.45, 2.75) is 13.5 Å². The Morgan fingerprint density at radius 2 is 1.59 bits per heavy atom. The van der Waals surface area contributed by atoms with Crippen molar-refractivity contribution in [2.24, 2.45) is 0 Å². The third-order valence-corrected chi connectivity index (χ3v) is 4.91. The molecule has 0 saturated carbocycles. The van der Waals surface area contributed by atoms with Gasteiger partial charge in [-0.05, 0) is 47.0 Å². The van der Waals surface area contributed by atoms with Crippen LogP contribution in [0.15, 0.2) is 91.0 Å². The maximum Gasteiger partial charge on any atom is 0.127 e. The van der Waals surface area contributed by atoms with E-state index in [-0.39, 0.29) is 0 Å². The highest BCUT2D eigenvalue weighted by Gasteiger charge is 2.07. The van der Waals surface area contributed by atoms with Crippen LogP contribution in [0.3, 0.4) is 0 Å². The van der Waals surface area contributed by atoms with Crippen molar-refractivity contribution in [3.8, 4) is 11.8 Å². The van der Waals surface area contributed by atoms with Crippen LogP contribution in [0.4, 0.5) is 0 Å². The van der Waals surface area contributed by atoms with Gasteiger partial charge in [0.1, 0.15) is 12.4 Å². The van der Waals surface area contributed by atoms with Crippen molar-refractivity contribution in [1.82, 2.24) is 0 Å². The highest BCUT2D eigenvalue weighted by molar-refractivity contribution is 5.94. The van der Waals surface area contributed by atoms with Crippen molar-refractivity contribution < 1.29 is 4.74 Å². The summed E-state index contributed by atoms with van der Waals surface area (Å²) in [4.78, 5) is 0. The molecule has 4 rings (SSSR count). The van der Waals surface area contributed by atoms with Gasteiger partial charge in [-0.2, -0.15) is 5.26 Å². The van der Waals surface area contributed by atoms with E-state index in [0.29, 0.717) is 12.2 Å². The lowest BCUT2D eigenvalue weighted by Gasteiger charge is -2.10. The zero-order chi connectivity index (χ0) is 20.1. The Kier molecular flexibility index (Phi) is 5.40. The second-order valence-corrected chi connectivity index (χ2v) is 7.04. The van der Waals surface area contributed by atoms with Crippen molar-refractivity contribution in [2.75, 3.05) is 0 Å². The van der Waals surface area contributed by atoms with Gasteiger partial charge in [0, 0.05) is 5.56 Å². The van der Waals surface area contributed by atoms with Crippen molar-refractivity contribution >= 4 is 22.4 Å². The number of aryl methyl sites for hydroxylation is 1. The van der Waals surface area contributed by atoms with Gasteiger partial charge < -0.3 is 4.74 Å². The lowest BCUT2D eigenvalue weighted by atomic mass is 10.00. The van der Waals surface area contributed by atoms with Gasteiger partial charge in [-0.25, -0.2) is 0 Å². The maximum atomic E-state index is 9.78. The molecule has 0 spiro atoms. The minimum absolute atomic E-state index is 0.489. The van der Waals surface area contributed by atoms with Crippen molar-refractivity contribution in [1.29, 1.82) is 5.26 Å². The lowest BCUT2D eigenvalue weighted by Crippen LogP contribution is -1.97. The second-order valence-electron chi connectivity index (χ2n) is 7.04. The van der Waals surface area contributed by atoms with Crippen LogP contribution in [-0.2, 0) is 6.61 Å². The third kappa shape index (κ3) is 4.36. The Hall–Kier alpha value is -3.83. The molecule has 0 N–H and O–H groups in total. The first kappa shape index (κ1) is 18.5. The number of rotatable bonds is 5. The molecule has 4 aromatic rings. The highest BCUT2D eigenvalue weighted by Crippen LogP contribution is 2.27. The van der Waals surface area contributed by atoms with Crippen molar-refractivity contribution in [3.63, 3.8) is 0 Å². The van der Waals surface area contributed by atoms with E-state index in [0.717, 1.165) is 33.2 Å². The monoisotopic (exact) mass is 375 g/mol. The predicted molar refractivity (Wildman–Crippen MR) is 119 cm³/mol. The average molecular weight is 375 g/mol. The molecule has 0 aliphatic rings. The van der Waals surface area contributed by atoms with Gasteiger partial charge in [0.15, 0.2) is 0 Å². The van der Waals surface area contributed by atoms with Crippen LogP contribution in [0, 0.1) is 18.3 Å². The smallest absolute Gasteiger partial charge is 0.127 e. The number of hydrogen-bond acceptors (Lipinski definition) is 2. The van der Waals surface area contributed by atoms with Crippen LogP contribution in [0.5, 0.6) is 5.75 Å². The molecular formula is C27H21NO. The summed E-state index contributed by atoms with van der Waals surface area (Å²) in [5.41, 5.74) is 4.75. The molecule has 29 heavy (non-hydrogen) atoms. The van der Waals surface area contributed by atoms with Gasteiger partial charge in [0.25, 0.3) is 0 Å². The minimum atomic E-state index is 0.489. The normalized spacial score (nSPS) is 11.2. The molecule has 0 aliphatic heterocycles. The molecule has 0 heterocycles. The van der Waals surface area contributed by atoms with Crippen molar-refractivity contribution in [3.05, 3.63) is 113 Å². The Bertz CT molecular complexity index is 1210. The number of nitrogens with zero attached hydrogens (tertiary/aromatic N) is 1. The fraction of sp³-hybridized carbons (Fsp3) is 0.0741. The zero-order valence-corrected chi connectivity index (χ0v) is 16.3. The van der Waals surface area contributed by atoms with Crippen LogP contribution in [0.25, 0.3) is 22.4 Å². The van der Waals surface area contributed by atoms with E-state index in [4.69, 9.17) is 4.74 Å². The van der Waals surface area contributed by atoms with Crippen LogP contribution in [-0.4, -0.2) is 0 Å². The fourth-order valence-electron chi connectivity index (χ4n) is 3.27. The van der Waals surface area contributed by atoms with E-state index in [1.54, 1.807) is 0 Å². The molecule has 0 radical (unpaired) electrons. The van der Waals surface area contributed by atoms with E-state index >= 15 is 0 Å². The SMILES string of the molecule is Cc1ccc(COc2ccccc2C=C(C#N)c2ccc3ccccc3c2)cc1. The van der Waals surface area contributed by atoms with Crippen LogP contribution < -0.4 is 4.74 Å². The predicted octanol–water partition coefficient (Wildman–Crippen LogP) is 6.79. The molecule has 0 bridgehead atoms. The van der Waals surface area contributed by atoms with E-state index in [2.05, 4.69) is 61.5 Å². The Labute approximate surface area is 171 Å². The summed E-state index contributed by atoms with van der Waals surface area (Å²) in [5.74, 6) is 0.765. The molecule has 0 saturated heterocycles. The zero-order valence-electron chi connectivity index (χ0n) is 16.3. The van der Waals surface area contributed by atoms with Crippen LogP contribution in [0.2, 0.25) is 0 Å². The molecular weight excluding hydrogens is 354 g/mol. The number of nitriles is 1. The first-order chi connectivity index (χ1) is 14.2. The van der Waals surface area contributed by atoms with E-state index in [9.17, 15) is 5.26 Å². The van der Waals surface area contributed by atoms with Gasteiger partial charge in [0.2, 0.25) is 0 Å². The lowest BCUT2D eigenvalue weighted by molar-refractivity contribution is 0.305. The van der Waals surface area contributed by atoms with Gasteiger partial charge in [-0.15, -0.1) is 0 Å². The topological polar surface area (TPSA) is 33.0 Å². The largest absolute Gasteiger partial charge is 0.488 e. The Morgan fingerprint density at radius 3 is 2.38 bits per heavy atom. The summed E-state index contributed by atoms with van der Waals surface area (Å²) in [6, 6.07) is 32.7.